The van der Waals surface area contributed by atoms with E-state index in [0.717, 1.165) is 3.97 Å². The molecular formula is C7H16Te. The van der Waals surface area contributed by atoms with Crippen LogP contribution in [0.5, 0.6) is 0 Å². The van der Waals surface area contributed by atoms with Gasteiger partial charge < -0.3 is 0 Å². The Labute approximate surface area is 63.1 Å². The van der Waals surface area contributed by atoms with Gasteiger partial charge in [0.05, 0.1) is 0 Å². The van der Waals surface area contributed by atoms with Crippen LogP contribution in [-0.4, -0.2) is 20.9 Å². The van der Waals surface area contributed by atoms with Crippen LogP contribution in [0.15, 0.2) is 0 Å². The van der Waals surface area contributed by atoms with Crippen LogP contribution in [0.1, 0.15) is 33.6 Å². The first-order chi connectivity index (χ1) is 3.81. The minimum atomic E-state index is 0.404. The van der Waals surface area contributed by atoms with Crippen LogP contribution >= 0.6 is 0 Å². The van der Waals surface area contributed by atoms with Gasteiger partial charge in [0.2, 0.25) is 0 Å². The van der Waals surface area contributed by atoms with Gasteiger partial charge in [-0.2, -0.15) is 0 Å². The summed E-state index contributed by atoms with van der Waals surface area (Å²) >= 11 is 0.404. The van der Waals surface area contributed by atoms with E-state index in [2.05, 4.69) is 20.8 Å². The first-order valence-corrected chi connectivity index (χ1v) is 6.42. The molecule has 0 aromatic heterocycles. The number of hydrogen-bond acceptors (Lipinski definition) is 0. The summed E-state index contributed by atoms with van der Waals surface area (Å²) in [6.45, 7) is 6.99. The quantitative estimate of drug-likeness (QED) is 0.648. The van der Waals surface area contributed by atoms with Crippen molar-refractivity contribution in [1.29, 1.82) is 0 Å². The fourth-order valence-corrected chi connectivity index (χ4v) is 3.55. The Morgan fingerprint density at radius 2 is 2.00 bits per heavy atom. The van der Waals surface area contributed by atoms with Crippen LogP contribution in [0.2, 0.25) is 8.43 Å². The normalized spacial score (nSPS) is 13.9. The predicted molar refractivity (Wildman–Crippen MR) is 40.6 cm³/mol. The topological polar surface area (TPSA) is 0 Å². The van der Waals surface area contributed by atoms with Crippen LogP contribution in [-0.2, 0) is 0 Å². The van der Waals surface area contributed by atoms with Crippen molar-refractivity contribution >= 4 is 20.9 Å². The van der Waals surface area contributed by atoms with E-state index in [1.165, 1.54) is 17.3 Å². The van der Waals surface area contributed by atoms with Crippen LogP contribution < -0.4 is 0 Å². The molecule has 1 atom stereocenters. The molecule has 0 saturated carbocycles. The van der Waals surface area contributed by atoms with E-state index >= 15 is 0 Å². The molecule has 0 nitrogen and oxygen atoms in total. The summed E-state index contributed by atoms with van der Waals surface area (Å²) in [5, 5.41) is 0. The number of hydrogen-bond donors (Lipinski definition) is 0. The first kappa shape index (κ1) is 8.79. The Bertz CT molecular complexity index is 37.7. The molecule has 0 spiro atoms. The molecule has 8 heavy (non-hydrogen) atoms. The molecule has 0 heterocycles. The second-order valence-corrected chi connectivity index (χ2v) is 6.95. The van der Waals surface area contributed by atoms with E-state index < -0.39 is 0 Å². The van der Waals surface area contributed by atoms with Crippen LogP contribution in [0.4, 0.5) is 0 Å². The Balaban J connectivity index is 2.92. The Hall–Kier alpha value is 0.790. The van der Waals surface area contributed by atoms with Crippen LogP contribution in [0.3, 0.4) is 0 Å². The summed E-state index contributed by atoms with van der Waals surface area (Å²) in [6.07, 6.45) is 2.85. The molecule has 50 valence electrons. The minimum absolute atomic E-state index is 0.404. The van der Waals surface area contributed by atoms with Gasteiger partial charge in [0, 0.05) is 0 Å². The summed E-state index contributed by atoms with van der Waals surface area (Å²) in [5.41, 5.74) is 0. The van der Waals surface area contributed by atoms with E-state index in [9.17, 15) is 0 Å². The molecule has 0 radical (unpaired) electrons. The van der Waals surface area contributed by atoms with Gasteiger partial charge in [-0.05, 0) is 0 Å². The zero-order valence-corrected chi connectivity index (χ0v) is 8.44. The summed E-state index contributed by atoms with van der Waals surface area (Å²) in [6, 6.07) is 0. The van der Waals surface area contributed by atoms with Gasteiger partial charge in [-0.3, -0.25) is 0 Å². The maximum atomic E-state index is 2.40. The Kier molecular flexibility index (Phi) is 6.50. The average molecular weight is 228 g/mol. The van der Waals surface area contributed by atoms with Gasteiger partial charge >= 0.3 is 63.0 Å². The van der Waals surface area contributed by atoms with E-state index in [1.54, 1.807) is 0 Å². The SMILES string of the molecule is CCCC(C)[Te]CC. The standard InChI is InChI=1S/C7H16Te/c1-4-6-7(3)8-5-2/h7H,4-6H2,1-3H3. The van der Waals surface area contributed by atoms with Crippen molar-refractivity contribution < 1.29 is 0 Å². The molecule has 0 aliphatic rings. The second-order valence-electron chi connectivity index (χ2n) is 2.05. The summed E-state index contributed by atoms with van der Waals surface area (Å²) in [5.74, 6) is 0. The van der Waals surface area contributed by atoms with Crippen molar-refractivity contribution in [3.8, 4) is 0 Å². The molecule has 0 aromatic carbocycles. The predicted octanol–water partition coefficient (Wildman–Crippen LogP) is 2.74. The van der Waals surface area contributed by atoms with Crippen molar-refractivity contribution in [1.82, 2.24) is 0 Å². The molecule has 0 fully saturated rings. The van der Waals surface area contributed by atoms with E-state index in [4.69, 9.17) is 0 Å². The van der Waals surface area contributed by atoms with Crippen LogP contribution in [0.25, 0.3) is 0 Å². The number of rotatable bonds is 4. The van der Waals surface area contributed by atoms with Crippen molar-refractivity contribution in [2.45, 2.75) is 42.0 Å². The molecule has 1 unspecified atom stereocenters. The third-order valence-corrected chi connectivity index (χ3v) is 4.39. The molecule has 0 aliphatic heterocycles. The molecular weight excluding hydrogens is 212 g/mol. The van der Waals surface area contributed by atoms with Crippen molar-refractivity contribution in [3.63, 3.8) is 0 Å². The third kappa shape index (κ3) is 4.94. The van der Waals surface area contributed by atoms with E-state index in [0.29, 0.717) is 20.9 Å². The Morgan fingerprint density at radius 3 is 2.38 bits per heavy atom. The first-order valence-electron chi connectivity index (χ1n) is 3.42. The maximum absolute atomic E-state index is 2.40. The van der Waals surface area contributed by atoms with Crippen molar-refractivity contribution in [3.05, 3.63) is 0 Å². The summed E-state index contributed by atoms with van der Waals surface area (Å²) < 4.78 is 2.57. The van der Waals surface area contributed by atoms with Gasteiger partial charge in [0.25, 0.3) is 0 Å². The molecule has 0 rings (SSSR count). The molecule has 0 saturated heterocycles. The van der Waals surface area contributed by atoms with Gasteiger partial charge in [-0.1, -0.05) is 0 Å². The van der Waals surface area contributed by atoms with E-state index in [-0.39, 0.29) is 0 Å². The van der Waals surface area contributed by atoms with Gasteiger partial charge in [0.1, 0.15) is 0 Å². The second kappa shape index (κ2) is 5.92. The van der Waals surface area contributed by atoms with Gasteiger partial charge in [0.15, 0.2) is 0 Å². The van der Waals surface area contributed by atoms with Gasteiger partial charge in [-0.25, -0.2) is 0 Å². The van der Waals surface area contributed by atoms with Crippen LogP contribution in [0, 0.1) is 0 Å². The molecule has 0 aliphatic carbocycles. The molecule has 0 aromatic rings. The van der Waals surface area contributed by atoms with E-state index in [1.807, 2.05) is 0 Å². The molecule has 1 heteroatoms. The Morgan fingerprint density at radius 1 is 1.38 bits per heavy atom. The molecule has 0 N–H and O–H groups in total. The summed E-state index contributed by atoms with van der Waals surface area (Å²) in [7, 11) is 0. The fraction of sp³-hybridized carbons (Fsp3) is 1.00. The fourth-order valence-electron chi connectivity index (χ4n) is 0.774. The van der Waals surface area contributed by atoms with Crippen molar-refractivity contribution in [2.24, 2.45) is 0 Å². The van der Waals surface area contributed by atoms with Gasteiger partial charge in [-0.15, -0.1) is 0 Å². The third-order valence-electron chi connectivity index (χ3n) is 1.15. The summed E-state index contributed by atoms with van der Waals surface area (Å²) in [4.78, 5) is 0. The van der Waals surface area contributed by atoms with Crippen molar-refractivity contribution in [2.75, 3.05) is 0 Å². The average Bonchev–Trinajstić information content (AvgIpc) is 1.68. The molecule has 0 amide bonds. The zero-order chi connectivity index (χ0) is 6.41. The zero-order valence-electron chi connectivity index (χ0n) is 6.11. The monoisotopic (exact) mass is 230 g/mol. The molecule has 0 bridgehead atoms.